The summed E-state index contributed by atoms with van der Waals surface area (Å²) in [6.07, 6.45) is -28.2. The Morgan fingerprint density at radius 1 is 0.692 bits per heavy atom. The van der Waals surface area contributed by atoms with Gasteiger partial charge in [0.05, 0.1) is 28.4 Å². The highest BCUT2D eigenvalue weighted by Gasteiger charge is 2.54. The van der Waals surface area contributed by atoms with E-state index in [1.54, 1.807) is 0 Å². The van der Waals surface area contributed by atoms with E-state index in [2.05, 4.69) is 0 Å². The average molecular weight is 408 g/mol. The van der Waals surface area contributed by atoms with E-state index in [4.69, 9.17) is 0 Å². The van der Waals surface area contributed by atoms with Gasteiger partial charge in [0.25, 0.3) is 0 Å². The summed E-state index contributed by atoms with van der Waals surface area (Å²) in [6, 6.07) is -1.06. The van der Waals surface area contributed by atoms with Crippen molar-refractivity contribution in [3.63, 3.8) is 0 Å². The second-order valence-electron chi connectivity index (χ2n) is 5.05. The van der Waals surface area contributed by atoms with Crippen molar-refractivity contribution in [2.75, 3.05) is 0 Å². The van der Waals surface area contributed by atoms with Gasteiger partial charge in [0.1, 0.15) is 0 Å². The molecule has 0 saturated heterocycles. The SMILES string of the molecule is CCC(O)c1c(C(F)(F)F)cc(C(F)(F)F)c(C(F)(F)F)c1C(F)(F)F. The zero-order valence-electron chi connectivity index (χ0n) is 12.3. The van der Waals surface area contributed by atoms with E-state index in [0.717, 1.165) is 6.92 Å². The summed E-state index contributed by atoms with van der Waals surface area (Å²) in [5.74, 6) is 0. The van der Waals surface area contributed by atoms with E-state index in [9.17, 15) is 57.8 Å². The number of hydrogen-bond acceptors (Lipinski definition) is 1. The molecule has 0 amide bonds. The third-order valence-corrected chi connectivity index (χ3v) is 3.27. The number of aliphatic hydroxyl groups is 1. The van der Waals surface area contributed by atoms with Crippen molar-refractivity contribution in [2.45, 2.75) is 44.2 Å². The third-order valence-electron chi connectivity index (χ3n) is 3.27. The van der Waals surface area contributed by atoms with Crippen LogP contribution in [0.25, 0.3) is 0 Å². The smallest absolute Gasteiger partial charge is 0.388 e. The first-order valence-electron chi connectivity index (χ1n) is 6.51. The Morgan fingerprint density at radius 2 is 1.08 bits per heavy atom. The minimum atomic E-state index is -6.29. The van der Waals surface area contributed by atoms with Crippen LogP contribution in [-0.2, 0) is 24.7 Å². The van der Waals surface area contributed by atoms with Crippen molar-refractivity contribution < 1.29 is 57.8 Å². The molecule has 1 N–H and O–H groups in total. The molecule has 1 unspecified atom stereocenters. The number of alkyl halides is 12. The molecule has 0 heterocycles. The predicted octanol–water partition coefficient (Wildman–Crippen LogP) is 6.21. The summed E-state index contributed by atoms with van der Waals surface area (Å²) < 4.78 is 156. The lowest BCUT2D eigenvalue weighted by Gasteiger charge is -2.28. The Bertz CT molecular complexity index is 662. The number of halogens is 12. The molecular weight excluding hydrogens is 400 g/mol. The maximum absolute atomic E-state index is 13.1. The van der Waals surface area contributed by atoms with Crippen LogP contribution in [0.5, 0.6) is 0 Å². The summed E-state index contributed by atoms with van der Waals surface area (Å²) in [5.41, 5.74) is -14.6. The first-order valence-corrected chi connectivity index (χ1v) is 6.51. The van der Waals surface area contributed by atoms with Crippen molar-refractivity contribution >= 4 is 0 Å². The third kappa shape index (κ3) is 4.35. The molecule has 1 aromatic carbocycles. The Morgan fingerprint density at radius 3 is 1.35 bits per heavy atom. The first kappa shape index (κ1) is 22.4. The maximum Gasteiger partial charge on any atom is 0.417 e. The highest BCUT2D eigenvalue weighted by molar-refractivity contribution is 5.52. The van der Waals surface area contributed by atoms with Crippen LogP contribution in [0.3, 0.4) is 0 Å². The fourth-order valence-corrected chi connectivity index (χ4v) is 2.30. The average Bonchev–Trinajstić information content (AvgIpc) is 2.40. The van der Waals surface area contributed by atoms with Gasteiger partial charge >= 0.3 is 24.7 Å². The molecule has 13 heteroatoms. The van der Waals surface area contributed by atoms with E-state index in [1.807, 2.05) is 0 Å². The highest BCUT2D eigenvalue weighted by Crippen LogP contribution is 2.52. The minimum absolute atomic E-state index is 0.843. The summed E-state index contributed by atoms with van der Waals surface area (Å²) >= 11 is 0. The van der Waals surface area contributed by atoms with Crippen LogP contribution >= 0.6 is 0 Å². The molecule has 0 aliphatic rings. The monoisotopic (exact) mass is 408 g/mol. The van der Waals surface area contributed by atoms with Crippen LogP contribution in [0.2, 0.25) is 0 Å². The molecule has 0 aromatic heterocycles. The van der Waals surface area contributed by atoms with Gasteiger partial charge < -0.3 is 5.11 Å². The summed E-state index contributed by atoms with van der Waals surface area (Å²) in [4.78, 5) is 0. The molecule has 0 fully saturated rings. The fraction of sp³-hybridized carbons (Fsp3) is 0.538. The normalized spacial score (nSPS) is 15.3. The second-order valence-corrected chi connectivity index (χ2v) is 5.05. The quantitative estimate of drug-likeness (QED) is 0.578. The molecule has 1 nitrogen and oxygen atoms in total. The highest BCUT2D eigenvalue weighted by atomic mass is 19.4. The molecule has 0 radical (unpaired) electrons. The van der Waals surface area contributed by atoms with Crippen molar-refractivity contribution in [1.82, 2.24) is 0 Å². The van der Waals surface area contributed by atoms with Crippen LogP contribution in [0, 0.1) is 0 Å². The molecule has 0 aliphatic heterocycles. The Labute approximate surface area is 137 Å². The van der Waals surface area contributed by atoms with Crippen molar-refractivity contribution in [1.29, 1.82) is 0 Å². The Kier molecular flexibility index (Phi) is 5.59. The molecule has 0 spiro atoms. The molecule has 0 bridgehead atoms. The van der Waals surface area contributed by atoms with Gasteiger partial charge in [-0.15, -0.1) is 0 Å². The van der Waals surface area contributed by atoms with Crippen molar-refractivity contribution in [3.05, 3.63) is 33.9 Å². The van der Waals surface area contributed by atoms with Gasteiger partial charge in [0, 0.05) is 5.56 Å². The van der Waals surface area contributed by atoms with Crippen LogP contribution in [0.1, 0.15) is 47.3 Å². The lowest BCUT2D eigenvalue weighted by atomic mass is 9.86. The van der Waals surface area contributed by atoms with Crippen LogP contribution in [-0.4, -0.2) is 5.11 Å². The molecule has 0 aliphatic carbocycles. The molecule has 1 rings (SSSR count). The van der Waals surface area contributed by atoms with Gasteiger partial charge in [-0.2, -0.15) is 52.7 Å². The van der Waals surface area contributed by atoms with Gasteiger partial charge in [-0.05, 0) is 12.5 Å². The molecule has 1 aromatic rings. The predicted molar refractivity (Wildman–Crippen MR) is 61.7 cm³/mol. The van der Waals surface area contributed by atoms with E-state index < -0.39 is 71.1 Å². The first-order chi connectivity index (χ1) is 11.3. The summed E-state index contributed by atoms with van der Waals surface area (Å²) in [7, 11) is 0. The molecule has 0 saturated carbocycles. The minimum Gasteiger partial charge on any atom is -0.388 e. The van der Waals surface area contributed by atoms with E-state index in [0.29, 0.717) is 0 Å². The van der Waals surface area contributed by atoms with Crippen LogP contribution < -0.4 is 0 Å². The second kappa shape index (κ2) is 6.50. The van der Waals surface area contributed by atoms with Gasteiger partial charge in [0.2, 0.25) is 0 Å². The largest absolute Gasteiger partial charge is 0.417 e. The van der Waals surface area contributed by atoms with E-state index in [1.165, 1.54) is 0 Å². The lowest BCUT2D eigenvalue weighted by molar-refractivity contribution is -0.177. The Balaban J connectivity index is 4.33. The van der Waals surface area contributed by atoms with E-state index >= 15 is 0 Å². The van der Waals surface area contributed by atoms with E-state index in [-0.39, 0.29) is 0 Å². The maximum atomic E-state index is 13.1. The van der Waals surface area contributed by atoms with Gasteiger partial charge in [-0.1, -0.05) is 6.92 Å². The summed E-state index contributed by atoms with van der Waals surface area (Å²) in [5, 5.41) is 9.45. The topological polar surface area (TPSA) is 20.2 Å². The lowest BCUT2D eigenvalue weighted by Crippen LogP contribution is -2.28. The number of benzene rings is 1. The van der Waals surface area contributed by atoms with Gasteiger partial charge in [-0.3, -0.25) is 0 Å². The zero-order chi connectivity index (χ0) is 20.9. The molecule has 150 valence electrons. The molecular formula is C13H8F12O. The zero-order valence-corrected chi connectivity index (χ0v) is 12.3. The van der Waals surface area contributed by atoms with Crippen molar-refractivity contribution in [3.8, 4) is 0 Å². The van der Waals surface area contributed by atoms with Gasteiger partial charge in [-0.25, -0.2) is 0 Å². The molecule has 1 atom stereocenters. The summed E-state index contributed by atoms with van der Waals surface area (Å²) in [6.45, 7) is 0.843. The van der Waals surface area contributed by atoms with Crippen LogP contribution in [0.4, 0.5) is 52.7 Å². The fourth-order valence-electron chi connectivity index (χ4n) is 2.30. The number of aliphatic hydroxyl groups excluding tert-OH is 1. The van der Waals surface area contributed by atoms with Gasteiger partial charge in [0.15, 0.2) is 0 Å². The Hall–Kier alpha value is -1.66. The van der Waals surface area contributed by atoms with Crippen molar-refractivity contribution in [2.24, 2.45) is 0 Å². The number of rotatable bonds is 2. The molecule has 26 heavy (non-hydrogen) atoms. The van der Waals surface area contributed by atoms with Crippen LogP contribution in [0.15, 0.2) is 6.07 Å². The number of hydrogen-bond donors (Lipinski definition) is 1. The standard InChI is InChI=1S/C13H8F12O/c1-2-6(26)7-4(10(14,15)16)3-5(11(17,18)19)8(12(20,21)22)9(7)13(23,24)25/h3,6,26H,2H2,1H3.